The number of carbonyl (C=O) groups excluding carboxylic acids is 1. The van der Waals surface area contributed by atoms with Crippen LogP contribution in [0.3, 0.4) is 0 Å². The van der Waals surface area contributed by atoms with Gasteiger partial charge in [0.15, 0.2) is 6.29 Å². The summed E-state index contributed by atoms with van der Waals surface area (Å²) in [5.41, 5.74) is 2.29. The Morgan fingerprint density at radius 1 is 1.50 bits per heavy atom. The van der Waals surface area contributed by atoms with Crippen molar-refractivity contribution < 1.29 is 4.79 Å². The molecule has 0 bridgehead atoms. The highest BCUT2D eigenvalue weighted by atomic mass is 32.1. The Morgan fingerprint density at radius 2 is 2.21 bits per heavy atom. The Labute approximate surface area is 81.8 Å². The summed E-state index contributed by atoms with van der Waals surface area (Å²) in [6.45, 7) is 0. The van der Waals surface area contributed by atoms with E-state index in [2.05, 4.69) is 15.7 Å². The van der Waals surface area contributed by atoms with Gasteiger partial charge < -0.3 is 5.32 Å². The van der Waals surface area contributed by atoms with E-state index in [1.165, 1.54) is 0 Å². The normalized spacial score (nSPS) is 20.6. The van der Waals surface area contributed by atoms with Crippen molar-refractivity contribution in [2.24, 2.45) is 11.7 Å². The van der Waals surface area contributed by atoms with Crippen LogP contribution in [-0.2, 0) is 0 Å². The highest BCUT2D eigenvalue weighted by molar-refractivity contribution is 7.12. The van der Waals surface area contributed by atoms with E-state index in [9.17, 15) is 9.59 Å². The first kappa shape index (κ1) is 9.15. The average Bonchev–Trinajstić information content (AvgIpc) is 2.52. The van der Waals surface area contributed by atoms with Gasteiger partial charge in [-0.25, -0.2) is 16.3 Å². The molecule has 0 fully saturated rings. The number of amides is 1. The number of rotatable bonds is 1. The lowest BCUT2D eigenvalue weighted by molar-refractivity contribution is 0.0657. The van der Waals surface area contributed by atoms with Crippen molar-refractivity contribution in [2.75, 3.05) is 5.32 Å². The van der Waals surface area contributed by atoms with E-state index in [0.717, 1.165) is 16.3 Å². The molecule has 0 radical (unpaired) electrons. The fraction of sp³-hybridized carbons (Fsp3) is 0.200. The van der Waals surface area contributed by atoms with Crippen LogP contribution in [0, 0.1) is 0 Å². The van der Waals surface area contributed by atoms with Crippen LogP contribution >= 0.6 is 11.3 Å². The van der Waals surface area contributed by atoms with Crippen LogP contribution in [0.2, 0.25) is 0 Å². The van der Waals surface area contributed by atoms with Crippen molar-refractivity contribution in [2.45, 2.75) is 6.29 Å². The van der Waals surface area contributed by atoms with Gasteiger partial charge in [0, 0.05) is 0 Å². The van der Waals surface area contributed by atoms with Crippen molar-refractivity contribution in [3.05, 3.63) is 14.5 Å². The molecule has 7 N–H and O–H groups in total. The number of hydrogen-bond acceptors (Lipinski definition) is 7. The van der Waals surface area contributed by atoms with Crippen molar-refractivity contribution in [3.63, 3.8) is 0 Å². The second-order valence-corrected chi connectivity index (χ2v) is 3.63. The van der Waals surface area contributed by atoms with Gasteiger partial charge in [0.1, 0.15) is 10.7 Å². The van der Waals surface area contributed by atoms with Crippen LogP contribution in [-0.4, -0.2) is 22.2 Å². The fourth-order valence-corrected chi connectivity index (χ4v) is 1.89. The summed E-state index contributed by atoms with van der Waals surface area (Å²) >= 11 is 0.801. The minimum atomic E-state index is -0.722. The third-order valence-electron chi connectivity index (χ3n) is 1.79. The Bertz CT molecular complexity index is 424. The minimum absolute atomic E-state index is 0.254. The molecule has 0 spiro atoms. The lowest BCUT2D eigenvalue weighted by Gasteiger charge is -2.31. The number of anilines is 1. The molecule has 9 heteroatoms. The molecular weight excluding hydrogens is 208 g/mol. The molecule has 76 valence electrons. The highest BCUT2D eigenvalue weighted by Crippen LogP contribution is 2.21. The average molecular weight is 216 g/mol. The number of nitrogens with one attached hydrogen (secondary N) is 3. The van der Waals surface area contributed by atoms with Gasteiger partial charge in [0.05, 0.1) is 0 Å². The van der Waals surface area contributed by atoms with Gasteiger partial charge in [0.2, 0.25) is 0 Å². The number of aromatic nitrogens is 1. The molecule has 2 heterocycles. The number of nitrogens with zero attached hydrogens (tertiary/aromatic N) is 1. The van der Waals surface area contributed by atoms with Gasteiger partial charge in [0.25, 0.3) is 5.91 Å². The van der Waals surface area contributed by atoms with Crippen LogP contribution in [0.4, 0.5) is 5.82 Å². The summed E-state index contributed by atoms with van der Waals surface area (Å²) in [5, 5.41) is 3.63. The van der Waals surface area contributed by atoms with Gasteiger partial charge in [-0.3, -0.25) is 20.4 Å². The fourth-order valence-electron chi connectivity index (χ4n) is 1.14. The topological polar surface area (TPSA) is 129 Å². The standard InChI is InChI=1S/C5H8N6O2S/c6-10-4-8-2-1(3(12)11(4)7)14-5(13)9-2/h4,8,10H,6-7H2,(H,9,13). The molecule has 1 aromatic heterocycles. The molecule has 1 aromatic rings. The van der Waals surface area contributed by atoms with Crippen LogP contribution in [0.25, 0.3) is 0 Å². The SMILES string of the molecule is NNC1Nc2[nH]c(=O)sc2C(=O)N1N. The molecule has 14 heavy (non-hydrogen) atoms. The number of thiazole rings is 1. The first-order valence-electron chi connectivity index (χ1n) is 3.67. The van der Waals surface area contributed by atoms with Gasteiger partial charge in [-0.05, 0) is 0 Å². The number of nitrogens with two attached hydrogens (primary N) is 2. The molecule has 0 aliphatic carbocycles. The van der Waals surface area contributed by atoms with Gasteiger partial charge in [-0.1, -0.05) is 11.3 Å². The zero-order valence-corrected chi connectivity index (χ0v) is 7.72. The van der Waals surface area contributed by atoms with E-state index in [0.29, 0.717) is 5.82 Å². The number of H-pyrrole nitrogens is 1. The van der Waals surface area contributed by atoms with Crippen LogP contribution in [0.15, 0.2) is 4.79 Å². The maximum Gasteiger partial charge on any atom is 0.306 e. The molecular formula is C5H8N6O2S. The molecule has 0 aromatic carbocycles. The second-order valence-electron chi connectivity index (χ2n) is 2.64. The number of carbonyl (C=O) groups is 1. The maximum absolute atomic E-state index is 11.5. The zero-order valence-electron chi connectivity index (χ0n) is 6.90. The Morgan fingerprint density at radius 3 is 2.86 bits per heavy atom. The summed E-state index contributed by atoms with van der Waals surface area (Å²) in [5.74, 6) is 10.5. The molecule has 1 aliphatic rings. The van der Waals surface area contributed by atoms with E-state index in [1.54, 1.807) is 0 Å². The third kappa shape index (κ3) is 1.19. The van der Waals surface area contributed by atoms with E-state index >= 15 is 0 Å². The monoisotopic (exact) mass is 216 g/mol. The lowest BCUT2D eigenvalue weighted by atomic mass is 10.4. The minimum Gasteiger partial charge on any atom is -0.336 e. The number of fused-ring (bicyclic) bond motifs is 1. The Hall–Kier alpha value is -1.42. The van der Waals surface area contributed by atoms with Crippen LogP contribution in [0.1, 0.15) is 9.67 Å². The quantitative estimate of drug-likeness (QED) is 0.208. The molecule has 0 saturated heterocycles. The van der Waals surface area contributed by atoms with E-state index < -0.39 is 12.2 Å². The Balaban J connectivity index is 2.47. The number of hydrazine groups is 2. The zero-order chi connectivity index (χ0) is 10.3. The van der Waals surface area contributed by atoms with Gasteiger partial charge in [-0.2, -0.15) is 0 Å². The van der Waals surface area contributed by atoms with Crippen molar-refractivity contribution in [1.82, 2.24) is 15.4 Å². The Kier molecular flexibility index (Phi) is 2.00. The third-order valence-corrected chi connectivity index (χ3v) is 2.67. The van der Waals surface area contributed by atoms with Gasteiger partial charge in [-0.15, -0.1) is 0 Å². The molecule has 1 unspecified atom stereocenters. The summed E-state index contributed by atoms with van der Waals surface area (Å²) in [7, 11) is 0. The number of hydrogen-bond donors (Lipinski definition) is 5. The largest absolute Gasteiger partial charge is 0.336 e. The van der Waals surface area contributed by atoms with E-state index in [4.69, 9.17) is 11.7 Å². The lowest BCUT2D eigenvalue weighted by Crippen LogP contribution is -2.61. The van der Waals surface area contributed by atoms with Gasteiger partial charge >= 0.3 is 4.87 Å². The predicted octanol–water partition coefficient (Wildman–Crippen LogP) is -2.08. The molecule has 2 rings (SSSR count). The molecule has 0 saturated carbocycles. The second kappa shape index (κ2) is 3.06. The smallest absolute Gasteiger partial charge is 0.306 e. The van der Waals surface area contributed by atoms with E-state index in [-0.39, 0.29) is 9.75 Å². The summed E-state index contributed by atoms with van der Waals surface area (Å²) in [6.07, 6.45) is -0.722. The summed E-state index contributed by atoms with van der Waals surface area (Å²) < 4.78 is 0. The van der Waals surface area contributed by atoms with Crippen LogP contribution in [0.5, 0.6) is 0 Å². The molecule has 1 amide bonds. The molecule has 1 aliphatic heterocycles. The maximum atomic E-state index is 11.5. The molecule has 1 atom stereocenters. The summed E-state index contributed by atoms with van der Waals surface area (Å²) in [6, 6.07) is 0. The van der Waals surface area contributed by atoms with Crippen molar-refractivity contribution in [1.29, 1.82) is 0 Å². The first-order chi connectivity index (χ1) is 6.63. The number of aromatic amines is 1. The van der Waals surface area contributed by atoms with E-state index in [1.807, 2.05) is 0 Å². The van der Waals surface area contributed by atoms with Crippen molar-refractivity contribution in [3.8, 4) is 0 Å². The van der Waals surface area contributed by atoms with Crippen LogP contribution < -0.4 is 27.3 Å². The van der Waals surface area contributed by atoms with Crippen molar-refractivity contribution >= 4 is 23.1 Å². The predicted molar refractivity (Wildman–Crippen MR) is 50.0 cm³/mol. The summed E-state index contributed by atoms with van der Waals surface area (Å²) in [4.78, 5) is 24.9. The highest BCUT2D eigenvalue weighted by Gasteiger charge is 2.31. The molecule has 8 nitrogen and oxygen atoms in total. The first-order valence-corrected chi connectivity index (χ1v) is 4.49.